The first-order valence-electron chi connectivity index (χ1n) is 5.82. The lowest BCUT2D eigenvalue weighted by molar-refractivity contribution is 0.0948. The number of amides is 1. The third kappa shape index (κ3) is 4.40. The molecule has 0 saturated carbocycles. The highest BCUT2D eigenvalue weighted by atomic mass is 79.9. The molecule has 1 amide bonds. The van der Waals surface area contributed by atoms with Crippen molar-refractivity contribution in [2.75, 3.05) is 34.5 Å². The summed E-state index contributed by atoms with van der Waals surface area (Å²) in [4.78, 5) is 12.0. The van der Waals surface area contributed by atoms with Crippen LogP contribution in [0.4, 0.5) is 0 Å². The molecule has 6 heteroatoms. The van der Waals surface area contributed by atoms with E-state index in [1.54, 1.807) is 26.4 Å². The maximum Gasteiger partial charge on any atom is 0.251 e. The van der Waals surface area contributed by atoms with Crippen molar-refractivity contribution in [2.45, 2.75) is 6.42 Å². The summed E-state index contributed by atoms with van der Waals surface area (Å²) in [6, 6.07) is 3.35. The molecule has 19 heavy (non-hydrogen) atoms. The van der Waals surface area contributed by atoms with Crippen molar-refractivity contribution >= 4 is 21.8 Å². The Bertz CT molecular complexity index is 437. The standard InChI is InChI=1S/C13H18BrNO4/c1-17-6-4-5-15-13(16)9-7-10(14)12(19-3)11(8-9)18-2/h7-8H,4-6H2,1-3H3,(H,15,16). The number of ether oxygens (including phenoxy) is 3. The summed E-state index contributed by atoms with van der Waals surface area (Å²) in [6.45, 7) is 1.19. The molecule has 5 nitrogen and oxygen atoms in total. The van der Waals surface area contributed by atoms with E-state index in [1.807, 2.05) is 0 Å². The van der Waals surface area contributed by atoms with Crippen LogP contribution in [-0.2, 0) is 4.74 Å². The van der Waals surface area contributed by atoms with Crippen molar-refractivity contribution in [3.05, 3.63) is 22.2 Å². The van der Waals surface area contributed by atoms with Crippen LogP contribution in [0.2, 0.25) is 0 Å². The molecular weight excluding hydrogens is 314 g/mol. The van der Waals surface area contributed by atoms with Gasteiger partial charge in [0.25, 0.3) is 5.91 Å². The van der Waals surface area contributed by atoms with Gasteiger partial charge in [-0.05, 0) is 34.5 Å². The van der Waals surface area contributed by atoms with Crippen LogP contribution in [0.15, 0.2) is 16.6 Å². The van der Waals surface area contributed by atoms with Crippen LogP contribution < -0.4 is 14.8 Å². The molecule has 0 unspecified atom stereocenters. The number of carbonyl (C=O) groups excluding carboxylic acids is 1. The van der Waals surface area contributed by atoms with Crippen LogP contribution in [0.3, 0.4) is 0 Å². The Morgan fingerprint density at radius 2 is 2.00 bits per heavy atom. The molecule has 106 valence electrons. The second-order valence-electron chi connectivity index (χ2n) is 3.80. The molecule has 1 rings (SSSR count). The van der Waals surface area contributed by atoms with Gasteiger partial charge in [-0.15, -0.1) is 0 Å². The Labute approximate surface area is 121 Å². The number of halogens is 1. The van der Waals surface area contributed by atoms with E-state index in [2.05, 4.69) is 21.2 Å². The summed E-state index contributed by atoms with van der Waals surface area (Å²) in [6.07, 6.45) is 0.775. The Morgan fingerprint density at radius 1 is 1.26 bits per heavy atom. The lowest BCUT2D eigenvalue weighted by atomic mass is 10.2. The van der Waals surface area contributed by atoms with Gasteiger partial charge in [-0.2, -0.15) is 0 Å². The fourth-order valence-electron chi connectivity index (χ4n) is 1.57. The second-order valence-corrected chi connectivity index (χ2v) is 4.65. The molecule has 1 aromatic carbocycles. The first kappa shape index (κ1) is 15.8. The number of methoxy groups -OCH3 is 3. The van der Waals surface area contributed by atoms with Crippen molar-refractivity contribution in [2.24, 2.45) is 0 Å². The van der Waals surface area contributed by atoms with Gasteiger partial charge in [-0.3, -0.25) is 4.79 Å². The summed E-state index contributed by atoms with van der Waals surface area (Å²) in [5, 5.41) is 2.81. The van der Waals surface area contributed by atoms with Crippen LogP contribution in [0.5, 0.6) is 11.5 Å². The molecule has 0 aromatic heterocycles. The predicted octanol–water partition coefficient (Wildman–Crippen LogP) is 2.23. The van der Waals surface area contributed by atoms with Crippen LogP contribution in [0.25, 0.3) is 0 Å². The highest BCUT2D eigenvalue weighted by Crippen LogP contribution is 2.36. The SMILES string of the molecule is COCCCNC(=O)c1cc(Br)c(OC)c(OC)c1. The van der Waals surface area contributed by atoms with Crippen LogP contribution in [0.1, 0.15) is 16.8 Å². The summed E-state index contributed by atoms with van der Waals surface area (Å²) in [5.74, 6) is 0.926. The molecule has 0 radical (unpaired) electrons. The van der Waals surface area contributed by atoms with Crippen molar-refractivity contribution < 1.29 is 19.0 Å². The Balaban J connectivity index is 2.77. The number of rotatable bonds is 7. The molecule has 1 aromatic rings. The molecular formula is C13H18BrNO4. The average molecular weight is 332 g/mol. The van der Waals surface area contributed by atoms with Gasteiger partial charge in [0.05, 0.1) is 18.7 Å². The lowest BCUT2D eigenvalue weighted by Gasteiger charge is -2.12. The fourth-order valence-corrected chi connectivity index (χ4v) is 2.17. The van der Waals surface area contributed by atoms with Crippen LogP contribution in [0, 0.1) is 0 Å². The topological polar surface area (TPSA) is 56.8 Å². The molecule has 0 aliphatic heterocycles. The number of hydrogen-bond acceptors (Lipinski definition) is 4. The first-order chi connectivity index (χ1) is 9.13. The molecule has 0 bridgehead atoms. The monoisotopic (exact) mass is 331 g/mol. The number of hydrogen-bond donors (Lipinski definition) is 1. The van der Waals surface area contributed by atoms with Crippen molar-refractivity contribution in [3.8, 4) is 11.5 Å². The maximum absolute atomic E-state index is 12.0. The van der Waals surface area contributed by atoms with Gasteiger partial charge in [0, 0.05) is 25.8 Å². The third-order valence-corrected chi connectivity index (χ3v) is 3.10. The first-order valence-corrected chi connectivity index (χ1v) is 6.62. The Kier molecular flexibility index (Phi) is 6.66. The molecule has 1 N–H and O–H groups in total. The molecule has 0 spiro atoms. The largest absolute Gasteiger partial charge is 0.493 e. The van der Waals surface area contributed by atoms with E-state index in [0.29, 0.717) is 34.7 Å². The van der Waals surface area contributed by atoms with Gasteiger partial charge in [0.1, 0.15) is 0 Å². The van der Waals surface area contributed by atoms with E-state index in [4.69, 9.17) is 14.2 Å². The Morgan fingerprint density at radius 3 is 2.58 bits per heavy atom. The second kappa shape index (κ2) is 8.01. The van der Waals surface area contributed by atoms with E-state index >= 15 is 0 Å². The zero-order valence-corrected chi connectivity index (χ0v) is 12.9. The fraction of sp³-hybridized carbons (Fsp3) is 0.462. The zero-order valence-electron chi connectivity index (χ0n) is 11.3. The van der Waals surface area contributed by atoms with Crippen LogP contribution >= 0.6 is 15.9 Å². The molecule has 0 saturated heterocycles. The summed E-state index contributed by atoms with van der Waals surface area (Å²) in [7, 11) is 4.71. The zero-order chi connectivity index (χ0) is 14.3. The van der Waals surface area contributed by atoms with Crippen molar-refractivity contribution in [1.82, 2.24) is 5.32 Å². The molecule has 0 aliphatic carbocycles. The Hall–Kier alpha value is -1.27. The minimum absolute atomic E-state index is 0.155. The maximum atomic E-state index is 12.0. The summed E-state index contributed by atoms with van der Waals surface area (Å²) >= 11 is 3.36. The highest BCUT2D eigenvalue weighted by Gasteiger charge is 2.14. The van der Waals surface area contributed by atoms with Crippen molar-refractivity contribution in [1.29, 1.82) is 0 Å². The molecule has 0 aliphatic rings. The van der Waals surface area contributed by atoms with E-state index < -0.39 is 0 Å². The van der Waals surface area contributed by atoms with Crippen molar-refractivity contribution in [3.63, 3.8) is 0 Å². The minimum Gasteiger partial charge on any atom is -0.493 e. The third-order valence-electron chi connectivity index (χ3n) is 2.51. The van der Waals surface area contributed by atoms with E-state index in [9.17, 15) is 4.79 Å². The van der Waals surface area contributed by atoms with E-state index in [0.717, 1.165) is 6.42 Å². The van der Waals surface area contributed by atoms with Gasteiger partial charge in [0.15, 0.2) is 11.5 Å². The molecule has 0 fully saturated rings. The van der Waals surface area contributed by atoms with Crippen LogP contribution in [-0.4, -0.2) is 40.4 Å². The van der Waals surface area contributed by atoms with E-state index in [1.165, 1.54) is 7.11 Å². The number of carbonyl (C=O) groups is 1. The molecule has 0 atom stereocenters. The van der Waals surface area contributed by atoms with Gasteiger partial charge in [-0.1, -0.05) is 0 Å². The number of nitrogens with one attached hydrogen (secondary N) is 1. The van der Waals surface area contributed by atoms with Gasteiger partial charge in [-0.25, -0.2) is 0 Å². The lowest BCUT2D eigenvalue weighted by Crippen LogP contribution is -2.25. The van der Waals surface area contributed by atoms with Gasteiger partial charge in [0.2, 0.25) is 0 Å². The quantitative estimate of drug-likeness (QED) is 0.778. The summed E-state index contributed by atoms with van der Waals surface area (Å²) < 4.78 is 16.0. The smallest absolute Gasteiger partial charge is 0.251 e. The highest BCUT2D eigenvalue weighted by molar-refractivity contribution is 9.10. The predicted molar refractivity (Wildman–Crippen MR) is 76.1 cm³/mol. The number of benzene rings is 1. The normalized spacial score (nSPS) is 10.1. The molecule has 0 heterocycles. The minimum atomic E-state index is -0.155. The van der Waals surface area contributed by atoms with Gasteiger partial charge >= 0.3 is 0 Å². The average Bonchev–Trinajstić information content (AvgIpc) is 2.42. The van der Waals surface area contributed by atoms with Gasteiger partial charge < -0.3 is 19.5 Å². The summed E-state index contributed by atoms with van der Waals surface area (Å²) in [5.41, 5.74) is 0.516. The van der Waals surface area contributed by atoms with E-state index in [-0.39, 0.29) is 5.91 Å².